The van der Waals surface area contributed by atoms with Crippen molar-refractivity contribution in [1.82, 2.24) is 0 Å². The van der Waals surface area contributed by atoms with Crippen molar-refractivity contribution in [3.8, 4) is 0 Å². The van der Waals surface area contributed by atoms with E-state index in [1.807, 2.05) is 6.92 Å². The van der Waals surface area contributed by atoms with Crippen LogP contribution in [-0.4, -0.2) is 23.3 Å². The van der Waals surface area contributed by atoms with Crippen LogP contribution in [0.3, 0.4) is 0 Å². The van der Waals surface area contributed by atoms with Crippen molar-refractivity contribution in [1.29, 1.82) is 0 Å². The van der Waals surface area contributed by atoms with Gasteiger partial charge in [-0.1, -0.05) is 5.16 Å². The molecule has 0 bridgehead atoms. The highest BCUT2D eigenvalue weighted by atomic mass is 16.5. The molecule has 4 heteroatoms. The number of hydrogen-bond acceptors (Lipinski definition) is 3. The summed E-state index contributed by atoms with van der Waals surface area (Å²) in [6.45, 7) is 1.98. The topological polar surface area (TPSA) is 67.8 Å². The first kappa shape index (κ1) is 7.34. The molecule has 58 valence electrons. The Labute approximate surface area is 59.7 Å². The Morgan fingerprint density at radius 2 is 2.40 bits per heavy atom. The molecule has 0 aliphatic carbocycles. The molecular weight excluding hydrogens is 132 g/mol. The average Bonchev–Trinajstić information content (AvgIpc) is 2.34. The number of ether oxygens (including phenoxy) is 1. The molecule has 2 unspecified atom stereocenters. The van der Waals surface area contributed by atoms with E-state index in [0.29, 0.717) is 0 Å². The lowest BCUT2D eigenvalue weighted by atomic mass is 10.2. The molecule has 0 aromatic rings. The lowest BCUT2D eigenvalue weighted by Crippen LogP contribution is -2.28. The molecule has 0 saturated carbocycles. The molecule has 1 heterocycles. The Bertz CT molecular complexity index is 147. The van der Waals surface area contributed by atoms with Gasteiger partial charge < -0.3 is 15.7 Å². The Morgan fingerprint density at radius 3 is 2.80 bits per heavy atom. The third kappa shape index (κ3) is 1.39. The van der Waals surface area contributed by atoms with Crippen LogP contribution in [0.4, 0.5) is 0 Å². The van der Waals surface area contributed by atoms with Gasteiger partial charge in [0.2, 0.25) is 0 Å². The fourth-order valence-corrected chi connectivity index (χ4v) is 1.08. The quantitative estimate of drug-likeness (QED) is 0.241. The summed E-state index contributed by atoms with van der Waals surface area (Å²) < 4.78 is 5.30. The fraction of sp³-hybridized carbons (Fsp3) is 0.833. The van der Waals surface area contributed by atoms with Crippen molar-refractivity contribution < 1.29 is 9.94 Å². The van der Waals surface area contributed by atoms with Crippen LogP contribution in [0.2, 0.25) is 0 Å². The summed E-state index contributed by atoms with van der Waals surface area (Å²) in [6.07, 6.45) is 1.92. The molecule has 10 heavy (non-hydrogen) atoms. The van der Waals surface area contributed by atoms with E-state index >= 15 is 0 Å². The van der Waals surface area contributed by atoms with Crippen LogP contribution in [0.5, 0.6) is 0 Å². The number of oxime groups is 1. The van der Waals surface area contributed by atoms with E-state index in [9.17, 15) is 0 Å². The molecule has 3 N–H and O–H groups in total. The van der Waals surface area contributed by atoms with Crippen molar-refractivity contribution in [3.63, 3.8) is 0 Å². The summed E-state index contributed by atoms with van der Waals surface area (Å²) >= 11 is 0. The van der Waals surface area contributed by atoms with Gasteiger partial charge in [0.05, 0.1) is 6.10 Å². The molecule has 0 aromatic carbocycles. The predicted octanol–water partition coefficient (Wildman–Crippen LogP) is 0.300. The van der Waals surface area contributed by atoms with Crippen molar-refractivity contribution >= 4 is 5.84 Å². The highest BCUT2D eigenvalue weighted by Crippen LogP contribution is 2.18. The number of hydrogen-bond donors (Lipinski definition) is 2. The van der Waals surface area contributed by atoms with E-state index in [1.54, 1.807) is 0 Å². The molecule has 0 radical (unpaired) electrons. The van der Waals surface area contributed by atoms with Crippen LogP contribution in [0.15, 0.2) is 5.16 Å². The molecule has 1 aliphatic heterocycles. The van der Waals surface area contributed by atoms with Gasteiger partial charge in [-0.3, -0.25) is 0 Å². The molecular formula is C6H12N2O2. The highest BCUT2D eigenvalue weighted by Gasteiger charge is 2.24. The molecule has 1 rings (SSSR count). The Morgan fingerprint density at radius 1 is 1.70 bits per heavy atom. The number of nitrogens with zero attached hydrogens (tertiary/aromatic N) is 1. The van der Waals surface area contributed by atoms with E-state index in [-0.39, 0.29) is 18.0 Å². The normalized spacial score (nSPS) is 34.7. The van der Waals surface area contributed by atoms with Gasteiger partial charge in [0.25, 0.3) is 0 Å². The van der Waals surface area contributed by atoms with Crippen LogP contribution in [0.1, 0.15) is 19.8 Å². The van der Waals surface area contributed by atoms with Gasteiger partial charge in [0.15, 0.2) is 5.84 Å². The molecule has 1 aliphatic rings. The van der Waals surface area contributed by atoms with Gasteiger partial charge in [0, 0.05) is 0 Å². The molecule has 4 nitrogen and oxygen atoms in total. The van der Waals surface area contributed by atoms with Crippen molar-refractivity contribution in [2.75, 3.05) is 0 Å². The van der Waals surface area contributed by atoms with Gasteiger partial charge in [-0.25, -0.2) is 0 Å². The minimum atomic E-state index is -0.167. The maximum absolute atomic E-state index is 8.26. The molecule has 0 aromatic heterocycles. The minimum Gasteiger partial charge on any atom is -0.409 e. The summed E-state index contributed by atoms with van der Waals surface area (Å²) in [4.78, 5) is 0. The third-order valence-electron chi connectivity index (χ3n) is 1.68. The van der Waals surface area contributed by atoms with Gasteiger partial charge in [-0.15, -0.1) is 0 Å². The summed E-state index contributed by atoms with van der Waals surface area (Å²) in [6, 6.07) is 0. The van der Waals surface area contributed by atoms with Crippen LogP contribution in [0.25, 0.3) is 0 Å². The molecule has 0 amide bonds. The van der Waals surface area contributed by atoms with E-state index in [1.165, 1.54) is 0 Å². The van der Waals surface area contributed by atoms with Crippen molar-refractivity contribution in [3.05, 3.63) is 0 Å². The Kier molecular flexibility index (Phi) is 2.11. The van der Waals surface area contributed by atoms with Crippen LogP contribution in [0, 0.1) is 0 Å². The van der Waals surface area contributed by atoms with Crippen LogP contribution in [-0.2, 0) is 4.74 Å². The number of rotatable bonds is 1. The fourth-order valence-electron chi connectivity index (χ4n) is 1.08. The monoisotopic (exact) mass is 144 g/mol. The summed E-state index contributed by atoms with van der Waals surface area (Å²) in [7, 11) is 0. The Hall–Kier alpha value is -0.770. The number of nitrogens with two attached hydrogens (primary N) is 1. The van der Waals surface area contributed by atoms with Gasteiger partial charge in [-0.05, 0) is 19.8 Å². The molecule has 1 fully saturated rings. The second kappa shape index (κ2) is 2.88. The lowest BCUT2D eigenvalue weighted by Gasteiger charge is -2.07. The van der Waals surface area contributed by atoms with E-state index < -0.39 is 0 Å². The molecule has 2 atom stereocenters. The van der Waals surface area contributed by atoms with Crippen LogP contribution >= 0.6 is 0 Å². The van der Waals surface area contributed by atoms with Crippen molar-refractivity contribution in [2.24, 2.45) is 10.9 Å². The second-order valence-electron chi connectivity index (χ2n) is 2.54. The first-order valence-corrected chi connectivity index (χ1v) is 3.37. The lowest BCUT2D eigenvalue weighted by molar-refractivity contribution is 0.0908. The first-order valence-electron chi connectivity index (χ1n) is 3.37. The van der Waals surface area contributed by atoms with Crippen LogP contribution < -0.4 is 5.73 Å². The summed E-state index contributed by atoms with van der Waals surface area (Å²) in [5, 5.41) is 11.1. The first-order chi connectivity index (χ1) is 4.74. The zero-order valence-corrected chi connectivity index (χ0v) is 5.95. The van der Waals surface area contributed by atoms with E-state index in [0.717, 1.165) is 12.8 Å². The minimum absolute atomic E-state index is 0.167. The zero-order valence-electron chi connectivity index (χ0n) is 5.95. The highest BCUT2D eigenvalue weighted by molar-refractivity contribution is 5.84. The predicted molar refractivity (Wildman–Crippen MR) is 37.0 cm³/mol. The van der Waals surface area contributed by atoms with Gasteiger partial charge in [-0.2, -0.15) is 0 Å². The van der Waals surface area contributed by atoms with E-state index in [4.69, 9.17) is 15.7 Å². The van der Waals surface area contributed by atoms with Gasteiger partial charge in [0.1, 0.15) is 6.10 Å². The summed E-state index contributed by atoms with van der Waals surface area (Å²) in [5.74, 6) is 0.185. The summed E-state index contributed by atoms with van der Waals surface area (Å²) in [5.41, 5.74) is 5.32. The zero-order chi connectivity index (χ0) is 7.56. The third-order valence-corrected chi connectivity index (χ3v) is 1.68. The van der Waals surface area contributed by atoms with Gasteiger partial charge >= 0.3 is 0 Å². The average molecular weight is 144 g/mol. The largest absolute Gasteiger partial charge is 0.409 e. The van der Waals surface area contributed by atoms with E-state index in [2.05, 4.69) is 5.16 Å². The van der Waals surface area contributed by atoms with Crippen molar-refractivity contribution in [2.45, 2.75) is 32.0 Å². The Balaban J connectivity index is 2.45. The molecule has 1 saturated heterocycles. The smallest absolute Gasteiger partial charge is 0.168 e. The molecule has 0 spiro atoms. The maximum atomic E-state index is 8.26. The second-order valence-corrected chi connectivity index (χ2v) is 2.54. The number of amidine groups is 1. The SMILES string of the molecule is CC1CCC(/C(N)=N/O)O1. The standard InChI is InChI=1S/C6H12N2O2/c1-4-2-3-5(10-4)6(7)8-9/h4-5,9H,2-3H2,1H3,(H2,7,8). The maximum Gasteiger partial charge on any atom is 0.168 e.